The lowest BCUT2D eigenvalue weighted by molar-refractivity contribution is 0.100. The molecule has 0 saturated heterocycles. The van der Waals surface area contributed by atoms with Gasteiger partial charge >= 0.3 is 0 Å². The molecule has 19 heavy (non-hydrogen) atoms. The first-order valence-electron chi connectivity index (χ1n) is 6.25. The van der Waals surface area contributed by atoms with Crippen LogP contribution in [0.3, 0.4) is 0 Å². The zero-order valence-corrected chi connectivity index (χ0v) is 11.0. The Balaban J connectivity index is 3.13. The normalized spacial score (nSPS) is 10.5. The molecule has 6 heteroatoms. The van der Waals surface area contributed by atoms with Gasteiger partial charge in [-0.15, -0.1) is 0 Å². The van der Waals surface area contributed by atoms with Crippen molar-refractivity contribution in [2.75, 3.05) is 30.3 Å². The minimum Gasteiger partial charge on any atom is -0.398 e. The molecule has 0 aromatic heterocycles. The van der Waals surface area contributed by atoms with E-state index in [1.807, 2.05) is 6.92 Å². The summed E-state index contributed by atoms with van der Waals surface area (Å²) < 4.78 is 13.9. The number of carbonyl (C=O) groups is 1. The Morgan fingerprint density at radius 3 is 2.63 bits per heavy atom. The molecule has 0 radical (unpaired) electrons. The largest absolute Gasteiger partial charge is 0.398 e. The summed E-state index contributed by atoms with van der Waals surface area (Å²) in [7, 11) is 0. The Labute approximate surface area is 112 Å². The first-order valence-corrected chi connectivity index (χ1v) is 6.25. The lowest BCUT2D eigenvalue weighted by Crippen LogP contribution is -2.29. The second-order valence-electron chi connectivity index (χ2n) is 4.32. The summed E-state index contributed by atoms with van der Waals surface area (Å²) >= 11 is 0. The maximum atomic E-state index is 13.9. The van der Waals surface area contributed by atoms with Gasteiger partial charge in [-0.2, -0.15) is 0 Å². The predicted molar refractivity (Wildman–Crippen MR) is 73.5 cm³/mol. The maximum absolute atomic E-state index is 13.9. The molecule has 0 aliphatic rings. The van der Waals surface area contributed by atoms with Crippen LogP contribution in [0.25, 0.3) is 0 Å². The number of nitrogens with two attached hydrogens (primary N) is 2. The molecule has 5 N–H and O–H groups in total. The molecule has 1 amide bonds. The lowest BCUT2D eigenvalue weighted by atomic mass is 10.1. The van der Waals surface area contributed by atoms with Crippen molar-refractivity contribution in [1.82, 2.24) is 0 Å². The smallest absolute Gasteiger partial charge is 0.250 e. The number of nitrogen functional groups attached to an aromatic ring is 1. The third-order valence-electron chi connectivity index (χ3n) is 2.88. The highest BCUT2D eigenvalue weighted by atomic mass is 19.1. The van der Waals surface area contributed by atoms with Crippen LogP contribution < -0.4 is 16.4 Å². The Hall–Kier alpha value is -1.82. The average molecular weight is 269 g/mol. The van der Waals surface area contributed by atoms with E-state index in [-0.39, 0.29) is 23.5 Å². The molecule has 0 bridgehead atoms. The number of benzene rings is 1. The number of amides is 1. The van der Waals surface area contributed by atoms with Crippen molar-refractivity contribution < 1.29 is 14.3 Å². The van der Waals surface area contributed by atoms with E-state index in [2.05, 4.69) is 0 Å². The molecule has 1 rings (SSSR count). The topological polar surface area (TPSA) is 92.6 Å². The van der Waals surface area contributed by atoms with Gasteiger partial charge in [0.1, 0.15) is 5.82 Å². The van der Waals surface area contributed by atoms with E-state index < -0.39 is 11.7 Å². The van der Waals surface area contributed by atoms with E-state index in [0.29, 0.717) is 13.1 Å². The fourth-order valence-corrected chi connectivity index (χ4v) is 1.86. The molecule has 1 aromatic rings. The second kappa shape index (κ2) is 6.94. The number of aliphatic hydroxyl groups is 1. The van der Waals surface area contributed by atoms with Gasteiger partial charge in [-0.3, -0.25) is 4.79 Å². The first-order chi connectivity index (χ1) is 9.01. The van der Waals surface area contributed by atoms with Gasteiger partial charge in [0, 0.05) is 18.8 Å². The first kappa shape index (κ1) is 15.2. The van der Waals surface area contributed by atoms with Gasteiger partial charge in [0.2, 0.25) is 0 Å². The predicted octanol–water partition coefficient (Wildman–Crippen LogP) is 1.11. The van der Waals surface area contributed by atoms with Crippen molar-refractivity contribution in [3.63, 3.8) is 0 Å². The zero-order chi connectivity index (χ0) is 14.4. The Morgan fingerprint density at radius 1 is 1.42 bits per heavy atom. The van der Waals surface area contributed by atoms with Crippen LogP contribution in [0, 0.1) is 5.82 Å². The van der Waals surface area contributed by atoms with Crippen LogP contribution in [0.4, 0.5) is 15.8 Å². The van der Waals surface area contributed by atoms with Gasteiger partial charge in [-0.05, 0) is 18.6 Å². The molecule has 1 aromatic carbocycles. The number of primary amides is 1. The van der Waals surface area contributed by atoms with Crippen molar-refractivity contribution >= 4 is 17.3 Å². The number of carbonyl (C=O) groups excluding carboxylic acids is 1. The lowest BCUT2D eigenvalue weighted by Gasteiger charge is -2.25. The van der Waals surface area contributed by atoms with E-state index in [9.17, 15) is 9.18 Å². The summed E-state index contributed by atoms with van der Waals surface area (Å²) in [5.41, 5.74) is 11.1. The molecule has 5 nitrogen and oxygen atoms in total. The number of nitrogens with zero attached hydrogens (tertiary/aromatic N) is 1. The molecule has 0 spiro atoms. The van der Waals surface area contributed by atoms with E-state index >= 15 is 0 Å². The third-order valence-corrected chi connectivity index (χ3v) is 2.88. The number of rotatable bonds is 7. The van der Waals surface area contributed by atoms with Gasteiger partial charge in [-0.1, -0.05) is 13.3 Å². The summed E-state index contributed by atoms with van der Waals surface area (Å²) in [6, 6.07) is 2.43. The van der Waals surface area contributed by atoms with E-state index in [0.717, 1.165) is 18.9 Å². The summed E-state index contributed by atoms with van der Waals surface area (Å²) in [6.45, 7) is 2.81. The molecule has 106 valence electrons. The molecule has 0 heterocycles. The minimum absolute atomic E-state index is 0.0215. The highest BCUT2D eigenvalue weighted by Crippen LogP contribution is 2.25. The summed E-state index contributed by atoms with van der Waals surface area (Å²) in [6.07, 6.45) is 1.80. The third kappa shape index (κ3) is 3.82. The quantitative estimate of drug-likeness (QED) is 0.646. The van der Waals surface area contributed by atoms with Crippen molar-refractivity contribution in [3.05, 3.63) is 23.5 Å². The minimum atomic E-state index is -0.696. The zero-order valence-electron chi connectivity index (χ0n) is 11.0. The highest BCUT2D eigenvalue weighted by molar-refractivity contribution is 5.99. The van der Waals surface area contributed by atoms with Crippen molar-refractivity contribution in [3.8, 4) is 0 Å². The van der Waals surface area contributed by atoms with Gasteiger partial charge in [0.25, 0.3) is 5.91 Å². The van der Waals surface area contributed by atoms with Crippen LogP contribution in [0.5, 0.6) is 0 Å². The average Bonchev–Trinajstić information content (AvgIpc) is 2.34. The molecular formula is C13H20FN3O2. The number of aliphatic hydroxyl groups excluding tert-OH is 1. The van der Waals surface area contributed by atoms with Crippen LogP contribution in [0.1, 0.15) is 30.1 Å². The van der Waals surface area contributed by atoms with Crippen LogP contribution >= 0.6 is 0 Å². The molecule has 0 atom stereocenters. The van der Waals surface area contributed by atoms with Gasteiger partial charge in [0.15, 0.2) is 0 Å². The molecule has 0 saturated carbocycles. The van der Waals surface area contributed by atoms with Gasteiger partial charge in [0.05, 0.1) is 17.9 Å². The number of halogens is 1. The highest BCUT2D eigenvalue weighted by Gasteiger charge is 2.16. The SMILES string of the molecule is CCCCN(CCO)c1cc(C(N)=O)c(N)cc1F. The van der Waals surface area contributed by atoms with Crippen LogP contribution in [0.15, 0.2) is 12.1 Å². The van der Waals surface area contributed by atoms with Crippen molar-refractivity contribution in [1.29, 1.82) is 0 Å². The van der Waals surface area contributed by atoms with Crippen LogP contribution in [0.2, 0.25) is 0 Å². The van der Waals surface area contributed by atoms with E-state index in [1.54, 1.807) is 4.90 Å². The van der Waals surface area contributed by atoms with Crippen molar-refractivity contribution in [2.24, 2.45) is 5.73 Å². The van der Waals surface area contributed by atoms with Gasteiger partial charge < -0.3 is 21.5 Å². The summed E-state index contributed by atoms with van der Waals surface area (Å²) in [4.78, 5) is 12.9. The number of hydrogen-bond donors (Lipinski definition) is 3. The fourth-order valence-electron chi connectivity index (χ4n) is 1.86. The van der Waals surface area contributed by atoms with E-state index in [4.69, 9.17) is 16.6 Å². The fraction of sp³-hybridized carbons (Fsp3) is 0.462. The van der Waals surface area contributed by atoms with Gasteiger partial charge in [-0.25, -0.2) is 4.39 Å². The monoisotopic (exact) mass is 269 g/mol. The number of unbranched alkanes of at least 4 members (excludes halogenated alkanes) is 1. The Morgan fingerprint density at radius 2 is 2.11 bits per heavy atom. The molecule has 0 aliphatic carbocycles. The van der Waals surface area contributed by atoms with Crippen molar-refractivity contribution in [2.45, 2.75) is 19.8 Å². The summed E-state index contributed by atoms with van der Waals surface area (Å²) in [5.74, 6) is -1.22. The van der Waals surface area contributed by atoms with Crippen LogP contribution in [-0.2, 0) is 0 Å². The maximum Gasteiger partial charge on any atom is 0.250 e. The molecule has 0 fully saturated rings. The molecule has 0 unspecified atom stereocenters. The number of hydrogen-bond acceptors (Lipinski definition) is 4. The standard InChI is InChI=1S/C13H20FN3O2/c1-2-3-4-17(5-6-18)12-7-9(13(16)19)11(15)8-10(12)14/h7-8,18H,2-6,15H2,1H3,(H2,16,19). The second-order valence-corrected chi connectivity index (χ2v) is 4.32. The molecule has 0 aliphatic heterocycles. The molecular weight excluding hydrogens is 249 g/mol. The Kier molecular flexibility index (Phi) is 5.57. The Bertz CT molecular complexity index is 452. The van der Waals surface area contributed by atoms with Crippen LogP contribution in [-0.4, -0.2) is 30.7 Å². The van der Waals surface area contributed by atoms with E-state index in [1.165, 1.54) is 6.07 Å². The number of anilines is 2. The summed E-state index contributed by atoms with van der Waals surface area (Å²) in [5, 5.41) is 9.04.